The van der Waals surface area contributed by atoms with E-state index >= 15 is 0 Å². The van der Waals surface area contributed by atoms with Crippen molar-refractivity contribution >= 4 is 0 Å². The number of halogens is 1. The Morgan fingerprint density at radius 3 is 2.03 bits per heavy atom. The van der Waals surface area contributed by atoms with Crippen LogP contribution in [0.1, 0.15) is 51.2 Å². The molecule has 0 saturated carbocycles. The predicted octanol–water partition coefficient (Wildman–Crippen LogP) is 3.06. The van der Waals surface area contributed by atoms with E-state index in [1.165, 1.54) is 17.5 Å². The zero-order valence-electron chi connectivity index (χ0n) is 18.9. The minimum Gasteiger partial charge on any atom is -1.00 e. The van der Waals surface area contributed by atoms with Crippen molar-refractivity contribution in [2.45, 2.75) is 46.6 Å². The van der Waals surface area contributed by atoms with E-state index in [-0.39, 0.29) is 12.4 Å². The van der Waals surface area contributed by atoms with Gasteiger partial charge in [0.05, 0.1) is 14.1 Å². The van der Waals surface area contributed by atoms with E-state index < -0.39 is 0 Å². The summed E-state index contributed by atoms with van der Waals surface area (Å²) in [6, 6.07) is 19.1. The number of hydrogen-bond acceptors (Lipinski definition) is 2. The van der Waals surface area contributed by atoms with Crippen molar-refractivity contribution in [1.29, 1.82) is 0 Å². The number of hydrogen-bond donors (Lipinski definition) is 0. The number of ether oxygens (including phenoxy) is 1. The number of nitrogens with zero attached hydrogens (tertiary/aromatic N) is 1. The highest BCUT2D eigenvalue weighted by atomic mass is 35.5. The SMILES string of the molecule is CCC(C)C(c1ccc(OCCO[N+](C)(C)Cc2ccccc2)cc1)C(C)C.[Cl-]. The molecule has 2 atom stereocenters. The molecule has 3 nitrogen and oxygen atoms in total. The molecule has 4 heteroatoms. The van der Waals surface area contributed by atoms with Gasteiger partial charge in [-0.2, -0.15) is 9.48 Å². The molecule has 2 aromatic rings. The van der Waals surface area contributed by atoms with E-state index in [1.54, 1.807) is 0 Å². The highest BCUT2D eigenvalue weighted by molar-refractivity contribution is 5.30. The molecule has 0 aliphatic carbocycles. The molecule has 0 saturated heterocycles. The normalized spacial score (nSPS) is 13.6. The highest BCUT2D eigenvalue weighted by Crippen LogP contribution is 2.34. The Balaban J connectivity index is 0.00000420. The van der Waals surface area contributed by atoms with Crippen LogP contribution in [0.5, 0.6) is 5.75 Å². The second-order valence-electron chi connectivity index (χ2n) is 8.62. The average Bonchev–Trinajstić information content (AvgIpc) is 2.66. The van der Waals surface area contributed by atoms with Crippen LogP contribution in [0.2, 0.25) is 0 Å². The molecule has 0 aromatic heterocycles. The second kappa shape index (κ2) is 12.2. The summed E-state index contributed by atoms with van der Waals surface area (Å²) < 4.78 is 6.38. The van der Waals surface area contributed by atoms with Crippen LogP contribution in [-0.2, 0) is 11.4 Å². The van der Waals surface area contributed by atoms with Gasteiger partial charge in [0, 0.05) is 5.56 Å². The number of benzene rings is 2. The molecule has 0 spiro atoms. The molecule has 29 heavy (non-hydrogen) atoms. The molecule has 0 N–H and O–H groups in total. The molecule has 0 bridgehead atoms. The Hall–Kier alpha value is -1.55. The fourth-order valence-electron chi connectivity index (χ4n) is 3.92. The molecule has 2 unspecified atom stereocenters. The number of quaternary nitrogens is 1. The van der Waals surface area contributed by atoms with E-state index in [1.807, 2.05) is 6.07 Å². The third-order valence-electron chi connectivity index (χ3n) is 5.44. The molecule has 0 fully saturated rings. The maximum atomic E-state index is 6.01. The van der Waals surface area contributed by atoms with Crippen LogP contribution in [0.25, 0.3) is 0 Å². The van der Waals surface area contributed by atoms with Gasteiger partial charge in [0.15, 0.2) is 0 Å². The van der Waals surface area contributed by atoms with Gasteiger partial charge in [-0.15, -0.1) is 0 Å². The molecule has 0 amide bonds. The van der Waals surface area contributed by atoms with Crippen LogP contribution in [0, 0.1) is 11.8 Å². The van der Waals surface area contributed by atoms with Crippen molar-refractivity contribution in [3.63, 3.8) is 0 Å². The first-order chi connectivity index (χ1) is 13.3. The van der Waals surface area contributed by atoms with Crippen LogP contribution in [0.4, 0.5) is 0 Å². The smallest absolute Gasteiger partial charge is 0.140 e. The van der Waals surface area contributed by atoms with Crippen LogP contribution < -0.4 is 17.1 Å². The molecule has 0 heterocycles. The first-order valence-corrected chi connectivity index (χ1v) is 10.6. The lowest BCUT2D eigenvalue weighted by molar-refractivity contribution is -1.09. The molecule has 2 rings (SSSR count). The summed E-state index contributed by atoms with van der Waals surface area (Å²) in [6.07, 6.45) is 1.20. The standard InChI is InChI=1S/C25H38NO2.ClH/c1-7-21(4)25(20(2)3)23-13-15-24(16-14-23)27-17-18-28-26(5,6)19-22-11-9-8-10-12-22;/h8-16,20-21,25H,7,17-19H2,1-6H3;1H/q+1;/p-1. The van der Waals surface area contributed by atoms with E-state index in [4.69, 9.17) is 9.57 Å². The van der Waals surface area contributed by atoms with Gasteiger partial charge in [0.2, 0.25) is 0 Å². The third kappa shape index (κ3) is 8.38. The summed E-state index contributed by atoms with van der Waals surface area (Å²) in [5.74, 6) is 2.83. The van der Waals surface area contributed by atoms with Gasteiger partial charge in [-0.1, -0.05) is 76.6 Å². The number of rotatable bonds is 11. The van der Waals surface area contributed by atoms with Crippen LogP contribution in [0.3, 0.4) is 0 Å². The van der Waals surface area contributed by atoms with Crippen LogP contribution in [0.15, 0.2) is 54.6 Å². The third-order valence-corrected chi connectivity index (χ3v) is 5.44. The zero-order chi connectivity index (χ0) is 20.6. The Kier molecular flexibility index (Phi) is 10.7. The summed E-state index contributed by atoms with van der Waals surface area (Å²) in [5.41, 5.74) is 2.68. The van der Waals surface area contributed by atoms with Crippen LogP contribution >= 0.6 is 0 Å². The Labute approximate surface area is 184 Å². The van der Waals surface area contributed by atoms with Crippen molar-refractivity contribution in [1.82, 2.24) is 0 Å². The van der Waals surface area contributed by atoms with E-state index in [0.717, 1.165) is 12.3 Å². The largest absolute Gasteiger partial charge is 1.00 e. The maximum absolute atomic E-state index is 6.01. The van der Waals surface area contributed by atoms with Gasteiger partial charge >= 0.3 is 0 Å². The van der Waals surface area contributed by atoms with Crippen molar-refractivity contribution in [3.8, 4) is 5.75 Å². The summed E-state index contributed by atoms with van der Waals surface area (Å²) in [4.78, 5) is 6.01. The summed E-state index contributed by atoms with van der Waals surface area (Å²) >= 11 is 0. The average molecular weight is 420 g/mol. The van der Waals surface area contributed by atoms with Crippen molar-refractivity contribution in [2.24, 2.45) is 11.8 Å². The zero-order valence-corrected chi connectivity index (χ0v) is 19.7. The first kappa shape index (κ1) is 25.5. The van der Waals surface area contributed by atoms with Crippen molar-refractivity contribution in [3.05, 3.63) is 65.7 Å². The van der Waals surface area contributed by atoms with Gasteiger partial charge < -0.3 is 17.1 Å². The fraction of sp³-hybridized carbons (Fsp3) is 0.520. The van der Waals surface area contributed by atoms with Crippen LogP contribution in [-0.4, -0.2) is 32.0 Å². The van der Waals surface area contributed by atoms with Gasteiger partial charge in [0.1, 0.15) is 25.5 Å². The highest BCUT2D eigenvalue weighted by Gasteiger charge is 2.21. The lowest BCUT2D eigenvalue weighted by Crippen LogP contribution is -3.00. The Morgan fingerprint density at radius 2 is 1.48 bits per heavy atom. The molecule has 0 aliphatic heterocycles. The monoisotopic (exact) mass is 419 g/mol. The first-order valence-electron chi connectivity index (χ1n) is 10.6. The summed E-state index contributed by atoms with van der Waals surface area (Å²) in [6.45, 7) is 11.2. The molecular weight excluding hydrogens is 382 g/mol. The minimum atomic E-state index is 0. The molecular formula is C25H38ClNO2. The molecule has 0 aliphatic rings. The number of hydroxylamine groups is 3. The summed E-state index contributed by atoms with van der Waals surface area (Å²) in [7, 11) is 4.14. The lowest BCUT2D eigenvalue weighted by Gasteiger charge is -2.27. The molecule has 0 radical (unpaired) electrons. The Bertz CT molecular complexity index is 686. The van der Waals surface area contributed by atoms with E-state index in [2.05, 4.69) is 90.3 Å². The minimum absolute atomic E-state index is 0. The maximum Gasteiger partial charge on any atom is 0.140 e. The predicted molar refractivity (Wildman–Crippen MR) is 117 cm³/mol. The van der Waals surface area contributed by atoms with Gasteiger partial charge in [-0.05, 0) is 35.4 Å². The fourth-order valence-corrected chi connectivity index (χ4v) is 3.92. The topological polar surface area (TPSA) is 18.5 Å². The van der Waals surface area contributed by atoms with E-state index in [0.29, 0.717) is 35.6 Å². The van der Waals surface area contributed by atoms with Crippen molar-refractivity contribution in [2.75, 3.05) is 27.3 Å². The second-order valence-corrected chi connectivity index (χ2v) is 8.62. The molecule has 162 valence electrons. The lowest BCUT2D eigenvalue weighted by atomic mass is 9.78. The Morgan fingerprint density at radius 1 is 0.862 bits per heavy atom. The van der Waals surface area contributed by atoms with Gasteiger partial charge in [0.25, 0.3) is 0 Å². The van der Waals surface area contributed by atoms with E-state index in [9.17, 15) is 0 Å². The van der Waals surface area contributed by atoms with Gasteiger partial charge in [-0.25, -0.2) is 0 Å². The molecule has 2 aromatic carbocycles. The quantitative estimate of drug-likeness (QED) is 0.316. The summed E-state index contributed by atoms with van der Waals surface area (Å²) in [5, 5.41) is 0. The van der Waals surface area contributed by atoms with Gasteiger partial charge in [-0.3, -0.25) is 0 Å². The van der Waals surface area contributed by atoms with Crippen molar-refractivity contribution < 1.29 is 26.6 Å².